The smallest absolute Gasteiger partial charge is 0.410 e. The van der Waals surface area contributed by atoms with Crippen molar-refractivity contribution in [3.8, 4) is 0 Å². The van der Waals surface area contributed by atoms with Crippen LogP contribution < -0.4 is 0 Å². The van der Waals surface area contributed by atoms with Crippen LogP contribution in [0.3, 0.4) is 0 Å². The summed E-state index contributed by atoms with van der Waals surface area (Å²) in [6.07, 6.45) is 1.47. The molecule has 0 spiro atoms. The van der Waals surface area contributed by atoms with Gasteiger partial charge in [0.2, 0.25) is 0 Å². The zero-order valence-electron chi connectivity index (χ0n) is 8.23. The highest BCUT2D eigenvalue weighted by atomic mass is 16.6. The number of hydrogen-bond acceptors (Lipinski definition) is 3. The number of rotatable bonds is 1. The van der Waals surface area contributed by atoms with E-state index in [1.54, 1.807) is 18.1 Å². The van der Waals surface area contributed by atoms with Gasteiger partial charge in [0.1, 0.15) is 12.6 Å². The number of aryl methyl sites for hydroxylation is 1. The summed E-state index contributed by atoms with van der Waals surface area (Å²) in [6, 6.07) is 3.87. The number of carbonyl (C=O) groups is 1. The second kappa shape index (κ2) is 3.29. The van der Waals surface area contributed by atoms with E-state index in [0.29, 0.717) is 6.61 Å². The summed E-state index contributed by atoms with van der Waals surface area (Å²) in [5, 5.41) is 0. The van der Waals surface area contributed by atoms with Gasteiger partial charge in [-0.15, -0.1) is 0 Å². The third-order valence-corrected chi connectivity index (χ3v) is 2.40. The molecule has 4 nitrogen and oxygen atoms in total. The maximum Gasteiger partial charge on any atom is 0.410 e. The average molecular weight is 192 g/mol. The van der Waals surface area contributed by atoms with Gasteiger partial charge in [0.25, 0.3) is 0 Å². The Balaban J connectivity index is 2.28. The molecule has 0 aliphatic carbocycles. The van der Waals surface area contributed by atoms with Crippen LogP contribution in [0.1, 0.15) is 17.3 Å². The van der Waals surface area contributed by atoms with Crippen molar-refractivity contribution in [3.63, 3.8) is 0 Å². The monoisotopic (exact) mass is 192 g/mol. The minimum Gasteiger partial charge on any atom is -0.447 e. The molecule has 74 valence electrons. The van der Waals surface area contributed by atoms with Crippen molar-refractivity contribution in [2.45, 2.75) is 13.0 Å². The molecule has 0 bridgehead atoms. The Morgan fingerprint density at radius 1 is 1.64 bits per heavy atom. The SMILES string of the molecule is Cc1ccnc(C2COC(=O)N2C)c1. The Kier molecular flexibility index (Phi) is 2.11. The third kappa shape index (κ3) is 1.43. The molecule has 0 saturated carbocycles. The third-order valence-electron chi connectivity index (χ3n) is 2.40. The predicted molar refractivity (Wildman–Crippen MR) is 50.8 cm³/mol. The highest BCUT2D eigenvalue weighted by Crippen LogP contribution is 2.24. The van der Waals surface area contributed by atoms with Crippen molar-refractivity contribution in [1.82, 2.24) is 9.88 Å². The van der Waals surface area contributed by atoms with E-state index in [-0.39, 0.29) is 12.1 Å². The van der Waals surface area contributed by atoms with Gasteiger partial charge in [-0.2, -0.15) is 0 Å². The molecule has 14 heavy (non-hydrogen) atoms. The first-order valence-corrected chi connectivity index (χ1v) is 4.50. The second-order valence-electron chi connectivity index (χ2n) is 3.46. The Bertz CT molecular complexity index is 365. The first-order chi connectivity index (χ1) is 6.68. The number of nitrogens with zero attached hydrogens (tertiary/aromatic N) is 2. The van der Waals surface area contributed by atoms with Gasteiger partial charge in [0.15, 0.2) is 0 Å². The van der Waals surface area contributed by atoms with Crippen LogP contribution in [0, 0.1) is 6.92 Å². The van der Waals surface area contributed by atoms with Gasteiger partial charge in [0, 0.05) is 13.2 Å². The number of carbonyl (C=O) groups excluding carboxylic acids is 1. The molecule has 0 radical (unpaired) electrons. The fourth-order valence-corrected chi connectivity index (χ4v) is 1.52. The molecule has 0 N–H and O–H groups in total. The van der Waals surface area contributed by atoms with Crippen LogP contribution in [0.15, 0.2) is 18.3 Å². The molecule has 1 aliphatic rings. The van der Waals surface area contributed by atoms with E-state index in [1.165, 1.54) is 0 Å². The molecule has 1 fully saturated rings. The lowest BCUT2D eigenvalue weighted by Gasteiger charge is -2.15. The van der Waals surface area contributed by atoms with E-state index in [4.69, 9.17) is 4.74 Å². The van der Waals surface area contributed by atoms with E-state index in [1.807, 2.05) is 19.1 Å². The lowest BCUT2D eigenvalue weighted by molar-refractivity contribution is 0.163. The fourth-order valence-electron chi connectivity index (χ4n) is 1.52. The first-order valence-electron chi connectivity index (χ1n) is 4.50. The van der Waals surface area contributed by atoms with E-state index >= 15 is 0 Å². The van der Waals surface area contributed by atoms with Crippen LogP contribution in [-0.4, -0.2) is 29.6 Å². The summed E-state index contributed by atoms with van der Waals surface area (Å²) >= 11 is 0. The van der Waals surface area contributed by atoms with E-state index in [9.17, 15) is 4.79 Å². The van der Waals surface area contributed by atoms with Crippen LogP contribution in [0.5, 0.6) is 0 Å². The minimum atomic E-state index is -0.279. The summed E-state index contributed by atoms with van der Waals surface area (Å²) in [6.45, 7) is 2.40. The second-order valence-corrected chi connectivity index (χ2v) is 3.46. The summed E-state index contributed by atoms with van der Waals surface area (Å²) < 4.78 is 4.92. The maximum absolute atomic E-state index is 11.1. The number of ether oxygens (including phenoxy) is 1. The Labute approximate surface area is 82.5 Å². The summed E-state index contributed by atoms with van der Waals surface area (Å²) in [4.78, 5) is 16.9. The summed E-state index contributed by atoms with van der Waals surface area (Å²) in [5.74, 6) is 0. The molecule has 1 saturated heterocycles. The van der Waals surface area contributed by atoms with Gasteiger partial charge in [-0.3, -0.25) is 9.88 Å². The van der Waals surface area contributed by atoms with E-state index in [2.05, 4.69) is 4.98 Å². The van der Waals surface area contributed by atoms with Crippen molar-refractivity contribution in [2.24, 2.45) is 0 Å². The molecule has 1 atom stereocenters. The average Bonchev–Trinajstić information content (AvgIpc) is 2.48. The zero-order chi connectivity index (χ0) is 10.1. The fraction of sp³-hybridized carbons (Fsp3) is 0.400. The van der Waals surface area contributed by atoms with Crippen molar-refractivity contribution < 1.29 is 9.53 Å². The quantitative estimate of drug-likeness (QED) is 0.677. The molecule has 4 heteroatoms. The largest absolute Gasteiger partial charge is 0.447 e. The van der Waals surface area contributed by atoms with E-state index in [0.717, 1.165) is 11.3 Å². The highest BCUT2D eigenvalue weighted by molar-refractivity contribution is 5.69. The molecule has 0 aromatic carbocycles. The summed E-state index contributed by atoms with van der Waals surface area (Å²) in [7, 11) is 1.73. The lowest BCUT2D eigenvalue weighted by atomic mass is 10.1. The van der Waals surface area contributed by atoms with Gasteiger partial charge in [0.05, 0.1) is 5.69 Å². The number of pyridine rings is 1. The summed E-state index contributed by atoms with van der Waals surface area (Å²) in [5.41, 5.74) is 2.03. The van der Waals surface area contributed by atoms with Crippen LogP contribution in [-0.2, 0) is 4.74 Å². The zero-order valence-corrected chi connectivity index (χ0v) is 8.23. The molecule has 1 aliphatic heterocycles. The number of likely N-dealkylation sites (N-methyl/N-ethyl adjacent to an activating group) is 1. The topological polar surface area (TPSA) is 42.4 Å². The normalized spacial score (nSPS) is 21.1. The van der Waals surface area contributed by atoms with E-state index < -0.39 is 0 Å². The predicted octanol–water partition coefficient (Wildman–Crippen LogP) is 1.51. The van der Waals surface area contributed by atoms with Gasteiger partial charge in [-0.25, -0.2) is 4.79 Å². The van der Waals surface area contributed by atoms with Gasteiger partial charge in [-0.05, 0) is 24.6 Å². The molecular formula is C10H12N2O2. The molecular weight excluding hydrogens is 180 g/mol. The minimum absolute atomic E-state index is 0.0394. The molecule has 1 aromatic heterocycles. The standard InChI is InChI=1S/C10H12N2O2/c1-7-3-4-11-8(5-7)9-6-14-10(13)12(9)2/h3-5,9H,6H2,1-2H3. The van der Waals surface area contributed by atoms with Crippen LogP contribution in [0.2, 0.25) is 0 Å². The van der Waals surface area contributed by atoms with Crippen LogP contribution in [0.25, 0.3) is 0 Å². The van der Waals surface area contributed by atoms with Crippen LogP contribution in [0.4, 0.5) is 4.79 Å². The molecule has 2 heterocycles. The van der Waals surface area contributed by atoms with Crippen LogP contribution >= 0.6 is 0 Å². The Hall–Kier alpha value is -1.58. The number of cyclic esters (lactones) is 1. The molecule has 1 aromatic rings. The molecule has 2 rings (SSSR count). The van der Waals surface area contributed by atoms with Gasteiger partial charge >= 0.3 is 6.09 Å². The van der Waals surface area contributed by atoms with Gasteiger partial charge < -0.3 is 4.74 Å². The number of hydrogen-bond donors (Lipinski definition) is 0. The van der Waals surface area contributed by atoms with Crippen molar-refractivity contribution in [1.29, 1.82) is 0 Å². The molecule has 1 amide bonds. The number of amides is 1. The van der Waals surface area contributed by atoms with Crippen molar-refractivity contribution >= 4 is 6.09 Å². The molecule has 1 unspecified atom stereocenters. The Morgan fingerprint density at radius 2 is 2.43 bits per heavy atom. The number of aromatic nitrogens is 1. The van der Waals surface area contributed by atoms with Crippen molar-refractivity contribution in [2.75, 3.05) is 13.7 Å². The maximum atomic E-state index is 11.1. The lowest BCUT2D eigenvalue weighted by Crippen LogP contribution is -2.23. The van der Waals surface area contributed by atoms with Gasteiger partial charge in [-0.1, -0.05) is 0 Å². The first kappa shape index (κ1) is 8.99. The van der Waals surface area contributed by atoms with Crippen molar-refractivity contribution in [3.05, 3.63) is 29.6 Å². The highest BCUT2D eigenvalue weighted by Gasteiger charge is 2.31. The Morgan fingerprint density at radius 3 is 3.00 bits per heavy atom.